The highest BCUT2D eigenvalue weighted by atomic mass is 19.3. The molecular formula is C16H20F2N4O. The van der Waals surface area contributed by atoms with Gasteiger partial charge in [0.25, 0.3) is 0 Å². The summed E-state index contributed by atoms with van der Waals surface area (Å²) in [5, 5.41) is 0. The Kier molecular flexibility index (Phi) is 3.28. The van der Waals surface area contributed by atoms with E-state index in [2.05, 4.69) is 14.9 Å². The van der Waals surface area contributed by atoms with Gasteiger partial charge in [0.2, 0.25) is 11.8 Å². The Morgan fingerprint density at radius 1 is 1.26 bits per heavy atom. The summed E-state index contributed by atoms with van der Waals surface area (Å²) >= 11 is 0. The second kappa shape index (κ2) is 5.11. The summed E-state index contributed by atoms with van der Waals surface area (Å²) in [5.74, 6) is -1.78. The third-order valence-corrected chi connectivity index (χ3v) is 5.09. The molecule has 0 bridgehead atoms. The molecule has 1 aromatic heterocycles. The number of hydrogen-bond donors (Lipinski definition) is 0. The molecule has 1 aromatic rings. The first-order chi connectivity index (χ1) is 10.9. The van der Waals surface area contributed by atoms with Crippen molar-refractivity contribution in [2.24, 2.45) is 5.92 Å². The molecule has 0 aromatic carbocycles. The van der Waals surface area contributed by atoms with Gasteiger partial charge in [-0.2, -0.15) is 0 Å². The lowest BCUT2D eigenvalue weighted by Crippen LogP contribution is -2.38. The SMILES string of the molecule is Cc1nc2c(c(N3CCC3)n1)CN(C(=O)C1CCC(F)(F)C1)C2. The van der Waals surface area contributed by atoms with Gasteiger partial charge in [-0.25, -0.2) is 18.7 Å². The average Bonchev–Trinajstić information content (AvgIpc) is 2.99. The molecule has 3 heterocycles. The van der Waals surface area contributed by atoms with Crippen molar-refractivity contribution in [3.05, 3.63) is 17.1 Å². The summed E-state index contributed by atoms with van der Waals surface area (Å²) in [6.07, 6.45) is 0.935. The summed E-state index contributed by atoms with van der Waals surface area (Å²) in [5.41, 5.74) is 1.87. The Labute approximate surface area is 133 Å². The van der Waals surface area contributed by atoms with Crippen LogP contribution in [0.25, 0.3) is 0 Å². The van der Waals surface area contributed by atoms with Crippen molar-refractivity contribution in [3.8, 4) is 0 Å². The molecular weight excluding hydrogens is 302 g/mol. The number of aryl methyl sites for hydroxylation is 1. The van der Waals surface area contributed by atoms with Gasteiger partial charge in [0, 0.05) is 37.4 Å². The van der Waals surface area contributed by atoms with E-state index in [0.717, 1.165) is 36.6 Å². The van der Waals surface area contributed by atoms with E-state index in [4.69, 9.17) is 0 Å². The Bertz CT molecular complexity index is 660. The minimum Gasteiger partial charge on any atom is -0.356 e. The fourth-order valence-corrected chi connectivity index (χ4v) is 3.72. The average molecular weight is 322 g/mol. The number of carbonyl (C=O) groups excluding carboxylic acids is 1. The number of hydrogen-bond acceptors (Lipinski definition) is 4. The van der Waals surface area contributed by atoms with E-state index in [0.29, 0.717) is 18.9 Å². The molecule has 1 aliphatic carbocycles. The molecule has 124 valence electrons. The minimum absolute atomic E-state index is 0.160. The molecule has 2 aliphatic heterocycles. The zero-order chi connectivity index (χ0) is 16.2. The Morgan fingerprint density at radius 3 is 2.65 bits per heavy atom. The zero-order valence-corrected chi connectivity index (χ0v) is 13.2. The lowest BCUT2D eigenvalue weighted by molar-refractivity contribution is -0.137. The predicted octanol–water partition coefficient (Wildman–Crippen LogP) is 2.27. The molecule has 1 saturated heterocycles. The number of carbonyl (C=O) groups is 1. The van der Waals surface area contributed by atoms with Crippen molar-refractivity contribution in [1.82, 2.24) is 14.9 Å². The molecule has 7 heteroatoms. The Morgan fingerprint density at radius 2 is 2.04 bits per heavy atom. The smallest absolute Gasteiger partial charge is 0.248 e. The third-order valence-electron chi connectivity index (χ3n) is 5.09. The van der Waals surface area contributed by atoms with E-state index in [1.807, 2.05) is 6.92 Å². The standard InChI is InChI=1S/C16H20F2N4O/c1-10-19-13-9-22(15(23)11-3-4-16(17,18)7-11)8-12(13)14(20-10)21-5-2-6-21/h11H,2-9H2,1H3. The molecule has 0 radical (unpaired) electrons. The fraction of sp³-hybridized carbons (Fsp3) is 0.688. The number of anilines is 1. The lowest BCUT2D eigenvalue weighted by Gasteiger charge is -2.33. The van der Waals surface area contributed by atoms with Crippen LogP contribution in [0.3, 0.4) is 0 Å². The number of rotatable bonds is 2. The highest BCUT2D eigenvalue weighted by Gasteiger charge is 2.44. The van der Waals surface area contributed by atoms with E-state index in [-0.39, 0.29) is 25.2 Å². The van der Waals surface area contributed by atoms with Crippen LogP contribution in [0.4, 0.5) is 14.6 Å². The van der Waals surface area contributed by atoms with Gasteiger partial charge in [-0.1, -0.05) is 0 Å². The van der Waals surface area contributed by atoms with Crippen LogP contribution >= 0.6 is 0 Å². The third kappa shape index (κ3) is 2.56. The molecule has 3 aliphatic rings. The minimum atomic E-state index is -2.69. The first-order valence-corrected chi connectivity index (χ1v) is 8.21. The van der Waals surface area contributed by atoms with E-state index < -0.39 is 11.8 Å². The summed E-state index contributed by atoms with van der Waals surface area (Å²) in [4.78, 5) is 25.5. The van der Waals surface area contributed by atoms with Crippen molar-refractivity contribution < 1.29 is 13.6 Å². The zero-order valence-electron chi connectivity index (χ0n) is 13.2. The van der Waals surface area contributed by atoms with Crippen LogP contribution in [0.1, 0.15) is 42.8 Å². The maximum atomic E-state index is 13.4. The van der Waals surface area contributed by atoms with E-state index in [1.54, 1.807) is 4.90 Å². The van der Waals surface area contributed by atoms with Crippen LogP contribution in [0.15, 0.2) is 0 Å². The maximum Gasteiger partial charge on any atom is 0.248 e. The van der Waals surface area contributed by atoms with Gasteiger partial charge in [-0.05, 0) is 19.8 Å². The number of amides is 1. The Balaban J connectivity index is 1.54. The molecule has 4 rings (SSSR count). The van der Waals surface area contributed by atoms with Crippen LogP contribution in [0, 0.1) is 12.8 Å². The molecule has 0 spiro atoms. The van der Waals surface area contributed by atoms with Crippen molar-refractivity contribution in [2.75, 3.05) is 18.0 Å². The van der Waals surface area contributed by atoms with Gasteiger partial charge in [0.05, 0.1) is 18.8 Å². The van der Waals surface area contributed by atoms with Gasteiger partial charge in [-0.15, -0.1) is 0 Å². The van der Waals surface area contributed by atoms with Crippen molar-refractivity contribution in [2.45, 2.75) is 51.6 Å². The normalized spacial score (nSPS) is 25.4. The van der Waals surface area contributed by atoms with Crippen LogP contribution in [-0.4, -0.2) is 39.8 Å². The van der Waals surface area contributed by atoms with Crippen molar-refractivity contribution in [1.29, 1.82) is 0 Å². The summed E-state index contributed by atoms with van der Waals surface area (Å²) < 4.78 is 26.8. The van der Waals surface area contributed by atoms with Crippen molar-refractivity contribution in [3.63, 3.8) is 0 Å². The summed E-state index contributed by atoms with van der Waals surface area (Å²) in [7, 11) is 0. The molecule has 1 amide bonds. The monoisotopic (exact) mass is 322 g/mol. The first-order valence-electron chi connectivity index (χ1n) is 8.21. The maximum absolute atomic E-state index is 13.4. The van der Waals surface area contributed by atoms with Crippen molar-refractivity contribution >= 4 is 11.7 Å². The van der Waals surface area contributed by atoms with Crippen LogP contribution < -0.4 is 4.90 Å². The van der Waals surface area contributed by atoms with Crippen LogP contribution in [0.2, 0.25) is 0 Å². The van der Waals surface area contributed by atoms with Crippen LogP contribution in [0.5, 0.6) is 0 Å². The van der Waals surface area contributed by atoms with E-state index in [9.17, 15) is 13.6 Å². The van der Waals surface area contributed by atoms with Gasteiger partial charge in [-0.3, -0.25) is 4.79 Å². The van der Waals surface area contributed by atoms with Gasteiger partial charge in [0.1, 0.15) is 11.6 Å². The Hall–Kier alpha value is -1.79. The quantitative estimate of drug-likeness (QED) is 0.838. The fourth-order valence-electron chi connectivity index (χ4n) is 3.72. The largest absolute Gasteiger partial charge is 0.356 e. The van der Waals surface area contributed by atoms with Gasteiger partial charge < -0.3 is 9.80 Å². The lowest BCUT2D eigenvalue weighted by atomic mass is 10.1. The number of fused-ring (bicyclic) bond motifs is 1. The second-order valence-electron chi connectivity index (χ2n) is 6.85. The highest BCUT2D eigenvalue weighted by molar-refractivity contribution is 5.80. The number of alkyl halides is 2. The molecule has 0 N–H and O–H groups in total. The highest BCUT2D eigenvalue weighted by Crippen LogP contribution is 2.41. The molecule has 1 atom stereocenters. The van der Waals surface area contributed by atoms with E-state index >= 15 is 0 Å². The summed E-state index contributed by atoms with van der Waals surface area (Å²) in [6, 6.07) is 0. The predicted molar refractivity (Wildman–Crippen MR) is 80.1 cm³/mol. The molecule has 1 saturated carbocycles. The number of nitrogens with zero attached hydrogens (tertiary/aromatic N) is 4. The molecule has 1 unspecified atom stereocenters. The van der Waals surface area contributed by atoms with E-state index in [1.165, 1.54) is 0 Å². The van der Waals surface area contributed by atoms with Gasteiger partial charge >= 0.3 is 0 Å². The summed E-state index contributed by atoms with van der Waals surface area (Å²) in [6.45, 7) is 4.67. The van der Waals surface area contributed by atoms with Crippen LogP contribution in [-0.2, 0) is 17.9 Å². The van der Waals surface area contributed by atoms with Gasteiger partial charge in [0.15, 0.2) is 0 Å². The number of halogens is 2. The molecule has 23 heavy (non-hydrogen) atoms. The topological polar surface area (TPSA) is 49.3 Å². The second-order valence-corrected chi connectivity index (χ2v) is 6.85. The molecule has 2 fully saturated rings. The molecule has 5 nitrogen and oxygen atoms in total. The number of aromatic nitrogens is 2. The first kappa shape index (κ1) is 14.8.